The molecule has 0 spiro atoms. The number of aromatic nitrogens is 2. The SMILES string of the molecule is C=CCN1C[C@@H](c2nc3ccccc3n2C[C@@H](O)COc2ccccc2C)CC1=O. The third-order valence-electron chi connectivity index (χ3n) is 5.53. The molecule has 1 fully saturated rings. The number of nitrogens with zero attached hydrogens (tertiary/aromatic N) is 3. The number of para-hydroxylation sites is 3. The van der Waals surface area contributed by atoms with Crippen LogP contribution in [0.1, 0.15) is 23.7 Å². The number of amides is 1. The maximum absolute atomic E-state index is 12.4. The third kappa shape index (κ3) is 4.09. The summed E-state index contributed by atoms with van der Waals surface area (Å²) in [5.74, 6) is 1.72. The zero-order valence-corrected chi connectivity index (χ0v) is 17.2. The van der Waals surface area contributed by atoms with E-state index in [2.05, 4.69) is 6.58 Å². The van der Waals surface area contributed by atoms with Crippen LogP contribution in [0.15, 0.2) is 61.2 Å². The van der Waals surface area contributed by atoms with Crippen molar-refractivity contribution in [3.05, 3.63) is 72.6 Å². The van der Waals surface area contributed by atoms with E-state index in [0.29, 0.717) is 26.1 Å². The van der Waals surface area contributed by atoms with Crippen LogP contribution in [-0.2, 0) is 11.3 Å². The van der Waals surface area contributed by atoms with E-state index in [-0.39, 0.29) is 18.4 Å². The molecule has 0 radical (unpaired) electrons. The van der Waals surface area contributed by atoms with Crippen molar-refractivity contribution in [1.82, 2.24) is 14.5 Å². The molecule has 0 unspecified atom stereocenters. The molecular formula is C24H27N3O3. The van der Waals surface area contributed by atoms with Crippen molar-refractivity contribution >= 4 is 16.9 Å². The summed E-state index contributed by atoms with van der Waals surface area (Å²) in [6.45, 7) is 7.42. The second-order valence-electron chi connectivity index (χ2n) is 7.79. The first kappa shape index (κ1) is 20.2. The molecule has 0 bridgehead atoms. The maximum Gasteiger partial charge on any atom is 0.223 e. The van der Waals surface area contributed by atoms with Crippen LogP contribution in [0.3, 0.4) is 0 Å². The first-order valence-corrected chi connectivity index (χ1v) is 10.3. The maximum atomic E-state index is 12.4. The van der Waals surface area contributed by atoms with Gasteiger partial charge in [-0.05, 0) is 30.7 Å². The highest BCUT2D eigenvalue weighted by Crippen LogP contribution is 2.30. The van der Waals surface area contributed by atoms with Gasteiger partial charge in [-0.1, -0.05) is 36.4 Å². The van der Waals surface area contributed by atoms with Gasteiger partial charge >= 0.3 is 0 Å². The zero-order valence-electron chi connectivity index (χ0n) is 17.2. The van der Waals surface area contributed by atoms with Crippen molar-refractivity contribution in [2.45, 2.75) is 31.9 Å². The molecule has 2 heterocycles. The van der Waals surface area contributed by atoms with E-state index in [4.69, 9.17) is 9.72 Å². The normalized spacial score (nSPS) is 17.5. The number of aliphatic hydroxyl groups is 1. The Labute approximate surface area is 176 Å². The summed E-state index contributed by atoms with van der Waals surface area (Å²) < 4.78 is 7.87. The number of ether oxygens (including phenoxy) is 1. The molecule has 0 aliphatic carbocycles. The Hall–Kier alpha value is -3.12. The number of rotatable bonds is 8. The first-order chi connectivity index (χ1) is 14.6. The fourth-order valence-electron chi connectivity index (χ4n) is 4.04. The molecule has 2 aromatic carbocycles. The van der Waals surface area contributed by atoms with Crippen molar-refractivity contribution < 1.29 is 14.6 Å². The van der Waals surface area contributed by atoms with Crippen molar-refractivity contribution in [3.8, 4) is 5.75 Å². The standard InChI is InChI=1S/C24H27N3O3/c1-3-12-26-14-18(13-23(26)29)24-25-20-9-5-6-10-21(20)27(24)15-19(28)16-30-22-11-7-4-8-17(22)2/h3-11,18-19,28H,1,12-16H2,2H3/t18-,19+/m0/s1. The van der Waals surface area contributed by atoms with E-state index < -0.39 is 6.10 Å². The number of carbonyl (C=O) groups is 1. The van der Waals surface area contributed by atoms with Gasteiger partial charge in [-0.25, -0.2) is 4.98 Å². The number of imidazole rings is 1. The van der Waals surface area contributed by atoms with Crippen molar-refractivity contribution in [3.63, 3.8) is 0 Å². The second kappa shape index (κ2) is 8.71. The Kier molecular flexibility index (Phi) is 5.86. The van der Waals surface area contributed by atoms with Gasteiger partial charge in [-0.3, -0.25) is 4.79 Å². The van der Waals surface area contributed by atoms with Crippen molar-refractivity contribution in [2.75, 3.05) is 19.7 Å². The molecule has 1 aliphatic rings. The van der Waals surface area contributed by atoms with Crippen LogP contribution in [0.4, 0.5) is 0 Å². The Bertz CT molecular complexity index is 1060. The number of likely N-dealkylation sites (tertiary alicyclic amines) is 1. The molecule has 1 N–H and O–H groups in total. The summed E-state index contributed by atoms with van der Waals surface area (Å²) in [6, 6.07) is 15.6. The van der Waals surface area contributed by atoms with Gasteiger partial charge in [0, 0.05) is 25.4 Å². The van der Waals surface area contributed by atoms with Gasteiger partial charge in [0.1, 0.15) is 24.3 Å². The molecule has 6 heteroatoms. The minimum absolute atomic E-state index is 0.00524. The van der Waals surface area contributed by atoms with Gasteiger partial charge in [-0.2, -0.15) is 0 Å². The molecule has 1 amide bonds. The molecule has 1 aromatic heterocycles. The first-order valence-electron chi connectivity index (χ1n) is 10.3. The number of fused-ring (bicyclic) bond motifs is 1. The summed E-state index contributed by atoms with van der Waals surface area (Å²) in [6.07, 6.45) is 1.46. The number of hydrogen-bond acceptors (Lipinski definition) is 4. The van der Waals surface area contributed by atoms with E-state index in [1.165, 1.54) is 0 Å². The monoisotopic (exact) mass is 405 g/mol. The summed E-state index contributed by atoms with van der Waals surface area (Å²) in [4.78, 5) is 19.0. The van der Waals surface area contributed by atoms with E-state index in [9.17, 15) is 9.90 Å². The molecule has 156 valence electrons. The fraction of sp³-hybridized carbons (Fsp3) is 0.333. The summed E-state index contributed by atoms with van der Waals surface area (Å²) >= 11 is 0. The third-order valence-corrected chi connectivity index (χ3v) is 5.53. The largest absolute Gasteiger partial charge is 0.491 e. The van der Waals surface area contributed by atoms with E-state index in [1.807, 2.05) is 60.0 Å². The molecular weight excluding hydrogens is 378 g/mol. The van der Waals surface area contributed by atoms with Gasteiger partial charge in [0.25, 0.3) is 0 Å². The van der Waals surface area contributed by atoms with E-state index in [1.54, 1.807) is 11.0 Å². The molecule has 1 aliphatic heterocycles. The van der Waals surface area contributed by atoms with E-state index in [0.717, 1.165) is 28.2 Å². The summed E-state index contributed by atoms with van der Waals surface area (Å²) in [7, 11) is 0. The lowest BCUT2D eigenvalue weighted by atomic mass is 10.1. The van der Waals surface area contributed by atoms with Crippen molar-refractivity contribution in [1.29, 1.82) is 0 Å². The molecule has 2 atom stereocenters. The quantitative estimate of drug-likeness (QED) is 0.584. The van der Waals surface area contributed by atoms with E-state index >= 15 is 0 Å². The average molecular weight is 405 g/mol. The Balaban J connectivity index is 1.55. The topological polar surface area (TPSA) is 67.6 Å². The van der Waals surface area contributed by atoms with Gasteiger partial charge < -0.3 is 19.3 Å². The zero-order chi connectivity index (χ0) is 21.1. The van der Waals surface area contributed by atoms with Crippen LogP contribution in [0, 0.1) is 6.92 Å². The van der Waals surface area contributed by atoms with Crippen LogP contribution >= 0.6 is 0 Å². The smallest absolute Gasteiger partial charge is 0.223 e. The number of benzene rings is 2. The van der Waals surface area contributed by atoms with Crippen LogP contribution in [0.5, 0.6) is 5.75 Å². The Morgan fingerprint density at radius 1 is 1.27 bits per heavy atom. The summed E-state index contributed by atoms with van der Waals surface area (Å²) in [5.41, 5.74) is 2.86. The van der Waals surface area contributed by atoms with Gasteiger partial charge in [-0.15, -0.1) is 6.58 Å². The van der Waals surface area contributed by atoms with Crippen LogP contribution in [0.2, 0.25) is 0 Å². The lowest BCUT2D eigenvalue weighted by Crippen LogP contribution is -2.26. The number of aryl methyl sites for hydroxylation is 1. The predicted octanol–water partition coefficient (Wildman–Crippen LogP) is 3.29. The molecule has 1 saturated heterocycles. The molecule has 4 rings (SSSR count). The van der Waals surface area contributed by atoms with Crippen LogP contribution in [0.25, 0.3) is 11.0 Å². The number of carbonyl (C=O) groups excluding carboxylic acids is 1. The Morgan fingerprint density at radius 3 is 2.83 bits per heavy atom. The molecule has 30 heavy (non-hydrogen) atoms. The highest BCUT2D eigenvalue weighted by Gasteiger charge is 2.33. The lowest BCUT2D eigenvalue weighted by Gasteiger charge is -2.19. The lowest BCUT2D eigenvalue weighted by molar-refractivity contribution is -0.127. The minimum atomic E-state index is -0.706. The van der Waals surface area contributed by atoms with Crippen LogP contribution < -0.4 is 4.74 Å². The predicted molar refractivity (Wildman–Crippen MR) is 117 cm³/mol. The summed E-state index contributed by atoms with van der Waals surface area (Å²) in [5, 5.41) is 10.7. The molecule has 0 saturated carbocycles. The molecule has 3 aromatic rings. The molecule has 6 nitrogen and oxygen atoms in total. The Morgan fingerprint density at radius 2 is 2.03 bits per heavy atom. The van der Waals surface area contributed by atoms with Gasteiger partial charge in [0.05, 0.1) is 17.6 Å². The fourth-order valence-corrected chi connectivity index (χ4v) is 4.04. The van der Waals surface area contributed by atoms with Crippen LogP contribution in [-0.4, -0.2) is 51.3 Å². The van der Waals surface area contributed by atoms with Gasteiger partial charge in [0.2, 0.25) is 5.91 Å². The van der Waals surface area contributed by atoms with Crippen molar-refractivity contribution in [2.24, 2.45) is 0 Å². The minimum Gasteiger partial charge on any atom is -0.491 e. The second-order valence-corrected chi connectivity index (χ2v) is 7.79. The number of hydrogen-bond donors (Lipinski definition) is 1. The highest BCUT2D eigenvalue weighted by molar-refractivity contribution is 5.81. The van der Waals surface area contributed by atoms with Gasteiger partial charge in [0.15, 0.2) is 0 Å². The number of aliphatic hydroxyl groups excluding tert-OH is 1. The highest BCUT2D eigenvalue weighted by atomic mass is 16.5. The average Bonchev–Trinajstić information content (AvgIpc) is 3.28.